The van der Waals surface area contributed by atoms with Gasteiger partial charge in [-0.2, -0.15) is 13.2 Å². The van der Waals surface area contributed by atoms with Crippen LogP contribution in [0.25, 0.3) is 0 Å². The van der Waals surface area contributed by atoms with E-state index in [0.29, 0.717) is 6.54 Å². The van der Waals surface area contributed by atoms with E-state index in [9.17, 15) is 18.0 Å². The Balaban J connectivity index is 2.41. The van der Waals surface area contributed by atoms with Crippen molar-refractivity contribution in [2.45, 2.75) is 19.6 Å². The zero-order valence-electron chi connectivity index (χ0n) is 10.9. The molecule has 0 fully saturated rings. The average Bonchev–Trinajstić information content (AvgIpc) is 2.29. The molecule has 0 aromatic heterocycles. The van der Waals surface area contributed by atoms with Crippen molar-refractivity contribution in [3.05, 3.63) is 35.4 Å². The molecule has 1 aromatic rings. The third-order valence-corrected chi connectivity index (χ3v) is 2.60. The van der Waals surface area contributed by atoms with Gasteiger partial charge in [-0.15, -0.1) is 0 Å². The Morgan fingerprint density at radius 2 is 1.95 bits per heavy atom. The van der Waals surface area contributed by atoms with Crippen molar-refractivity contribution in [1.82, 2.24) is 10.2 Å². The molecule has 0 unspecified atom stereocenters. The summed E-state index contributed by atoms with van der Waals surface area (Å²) < 4.78 is 35.8. The van der Waals surface area contributed by atoms with Crippen LogP contribution in [0, 0.1) is 6.92 Å². The van der Waals surface area contributed by atoms with Crippen molar-refractivity contribution in [3.8, 4) is 0 Å². The quantitative estimate of drug-likeness (QED) is 0.892. The molecule has 0 aliphatic rings. The second-order valence-electron chi connectivity index (χ2n) is 4.49. The number of benzene rings is 1. The Morgan fingerprint density at radius 3 is 2.53 bits per heavy atom. The van der Waals surface area contributed by atoms with E-state index in [-0.39, 0.29) is 6.54 Å². The minimum atomic E-state index is -4.37. The predicted molar refractivity (Wildman–Crippen MR) is 66.6 cm³/mol. The molecule has 0 atom stereocenters. The molecule has 3 nitrogen and oxygen atoms in total. The van der Waals surface area contributed by atoms with Crippen LogP contribution in [0.15, 0.2) is 24.3 Å². The summed E-state index contributed by atoms with van der Waals surface area (Å²) in [5.41, 5.74) is 2.14. The molecule has 0 heterocycles. The van der Waals surface area contributed by atoms with E-state index in [1.165, 1.54) is 0 Å². The molecule has 1 aromatic carbocycles. The predicted octanol–water partition coefficient (Wildman–Crippen LogP) is 2.11. The summed E-state index contributed by atoms with van der Waals surface area (Å²) in [6.07, 6.45) is -4.37. The monoisotopic (exact) mass is 274 g/mol. The maximum atomic E-state index is 11.9. The zero-order chi connectivity index (χ0) is 14.5. The number of carbonyl (C=O) groups excluding carboxylic acids is 1. The van der Waals surface area contributed by atoms with Gasteiger partial charge in [-0.05, 0) is 25.1 Å². The van der Waals surface area contributed by atoms with Crippen molar-refractivity contribution >= 4 is 5.91 Å². The Kier molecular flexibility index (Phi) is 5.35. The van der Waals surface area contributed by atoms with Crippen LogP contribution < -0.4 is 5.32 Å². The SMILES string of the molecule is Cc1ccccc1CN(C)CC(=O)NCC(F)(F)F. The fourth-order valence-electron chi connectivity index (χ4n) is 1.63. The highest BCUT2D eigenvalue weighted by Gasteiger charge is 2.27. The topological polar surface area (TPSA) is 32.3 Å². The first-order chi connectivity index (χ1) is 8.78. The number of nitrogens with zero attached hydrogens (tertiary/aromatic N) is 1. The highest BCUT2D eigenvalue weighted by molar-refractivity contribution is 5.78. The molecular weight excluding hydrogens is 257 g/mol. The van der Waals surface area contributed by atoms with E-state index >= 15 is 0 Å². The van der Waals surface area contributed by atoms with Crippen molar-refractivity contribution in [2.75, 3.05) is 20.1 Å². The number of aryl methyl sites for hydroxylation is 1. The number of rotatable bonds is 5. The van der Waals surface area contributed by atoms with Crippen molar-refractivity contribution < 1.29 is 18.0 Å². The standard InChI is InChI=1S/C13H17F3N2O/c1-10-5-3-4-6-11(10)7-18(2)8-12(19)17-9-13(14,15)16/h3-6H,7-9H2,1-2H3,(H,17,19). The number of amides is 1. The molecule has 1 amide bonds. The van der Waals surface area contributed by atoms with E-state index in [1.807, 2.05) is 36.5 Å². The molecule has 0 radical (unpaired) electrons. The minimum absolute atomic E-state index is 0.0651. The molecule has 0 saturated carbocycles. The van der Waals surface area contributed by atoms with Gasteiger partial charge in [0.25, 0.3) is 0 Å². The van der Waals surface area contributed by atoms with Crippen molar-refractivity contribution in [2.24, 2.45) is 0 Å². The zero-order valence-corrected chi connectivity index (χ0v) is 10.9. The van der Waals surface area contributed by atoms with Gasteiger partial charge in [-0.1, -0.05) is 24.3 Å². The number of hydrogen-bond donors (Lipinski definition) is 1. The number of halogens is 3. The first kappa shape index (κ1) is 15.5. The number of hydrogen-bond acceptors (Lipinski definition) is 2. The third kappa shape index (κ3) is 6.24. The molecule has 106 valence electrons. The van der Waals surface area contributed by atoms with E-state index in [1.54, 1.807) is 11.9 Å². The normalized spacial score (nSPS) is 11.7. The molecular formula is C13H17F3N2O. The summed E-state index contributed by atoms with van der Waals surface area (Å²) in [6, 6.07) is 7.68. The lowest BCUT2D eigenvalue weighted by Crippen LogP contribution is -2.39. The molecule has 0 bridgehead atoms. The van der Waals surface area contributed by atoms with Gasteiger partial charge in [0.1, 0.15) is 6.54 Å². The van der Waals surface area contributed by atoms with Gasteiger partial charge >= 0.3 is 6.18 Å². The average molecular weight is 274 g/mol. The van der Waals surface area contributed by atoms with Crippen LogP contribution in [0.3, 0.4) is 0 Å². The number of nitrogens with one attached hydrogen (secondary N) is 1. The largest absolute Gasteiger partial charge is 0.405 e. The lowest BCUT2D eigenvalue weighted by Gasteiger charge is -2.18. The van der Waals surface area contributed by atoms with Gasteiger partial charge in [-0.3, -0.25) is 9.69 Å². The van der Waals surface area contributed by atoms with Crippen LogP contribution in [-0.2, 0) is 11.3 Å². The van der Waals surface area contributed by atoms with E-state index in [4.69, 9.17) is 0 Å². The molecule has 0 aliphatic carbocycles. The molecule has 0 saturated heterocycles. The molecule has 0 aliphatic heterocycles. The van der Waals surface area contributed by atoms with Crippen LogP contribution >= 0.6 is 0 Å². The van der Waals surface area contributed by atoms with Gasteiger partial charge in [0.05, 0.1) is 6.54 Å². The Morgan fingerprint density at radius 1 is 1.32 bits per heavy atom. The fraction of sp³-hybridized carbons (Fsp3) is 0.462. The van der Waals surface area contributed by atoms with Gasteiger partial charge in [-0.25, -0.2) is 0 Å². The van der Waals surface area contributed by atoms with Crippen molar-refractivity contribution in [3.63, 3.8) is 0 Å². The smallest absolute Gasteiger partial charge is 0.346 e. The van der Waals surface area contributed by atoms with E-state index in [0.717, 1.165) is 11.1 Å². The maximum Gasteiger partial charge on any atom is 0.405 e. The summed E-state index contributed by atoms with van der Waals surface area (Å²) in [6.45, 7) is 1.12. The van der Waals surface area contributed by atoms with Gasteiger partial charge in [0.2, 0.25) is 5.91 Å². The lowest BCUT2D eigenvalue weighted by molar-refractivity contribution is -0.138. The van der Waals surface area contributed by atoms with Crippen LogP contribution in [0.4, 0.5) is 13.2 Å². The first-order valence-corrected chi connectivity index (χ1v) is 5.84. The number of carbonyl (C=O) groups is 1. The summed E-state index contributed by atoms with van der Waals surface area (Å²) in [7, 11) is 1.69. The van der Waals surface area contributed by atoms with Crippen molar-refractivity contribution in [1.29, 1.82) is 0 Å². The third-order valence-electron chi connectivity index (χ3n) is 2.60. The fourth-order valence-corrected chi connectivity index (χ4v) is 1.63. The summed E-state index contributed by atoms with van der Waals surface area (Å²) in [5.74, 6) is -0.631. The van der Waals surface area contributed by atoms with Gasteiger partial charge in [0.15, 0.2) is 0 Å². The lowest BCUT2D eigenvalue weighted by atomic mass is 10.1. The van der Waals surface area contributed by atoms with Crippen LogP contribution in [-0.4, -0.2) is 37.1 Å². The van der Waals surface area contributed by atoms with Crippen LogP contribution in [0.5, 0.6) is 0 Å². The van der Waals surface area contributed by atoms with Gasteiger partial charge in [0, 0.05) is 6.54 Å². The first-order valence-electron chi connectivity index (χ1n) is 5.84. The molecule has 1 rings (SSSR count). The Hall–Kier alpha value is -1.56. The van der Waals surface area contributed by atoms with Gasteiger partial charge < -0.3 is 5.32 Å². The van der Waals surface area contributed by atoms with Crippen LogP contribution in [0.1, 0.15) is 11.1 Å². The van der Waals surface area contributed by atoms with E-state index in [2.05, 4.69) is 0 Å². The maximum absolute atomic E-state index is 11.9. The molecule has 1 N–H and O–H groups in total. The second kappa shape index (κ2) is 6.56. The second-order valence-corrected chi connectivity index (χ2v) is 4.49. The van der Waals surface area contributed by atoms with E-state index < -0.39 is 18.6 Å². The highest BCUT2D eigenvalue weighted by Crippen LogP contribution is 2.12. The molecule has 0 spiro atoms. The summed E-state index contributed by atoms with van der Waals surface area (Å²) >= 11 is 0. The number of alkyl halides is 3. The Bertz CT molecular complexity index is 432. The highest BCUT2D eigenvalue weighted by atomic mass is 19.4. The number of likely N-dealkylation sites (N-methyl/N-ethyl adjacent to an activating group) is 1. The Labute approximate surface area is 110 Å². The molecule has 6 heteroatoms. The summed E-state index contributed by atoms with van der Waals surface area (Å²) in [4.78, 5) is 13.0. The molecule has 19 heavy (non-hydrogen) atoms. The summed E-state index contributed by atoms with van der Waals surface area (Å²) in [5, 5.41) is 1.85. The van der Waals surface area contributed by atoms with Crippen LogP contribution in [0.2, 0.25) is 0 Å². The minimum Gasteiger partial charge on any atom is -0.346 e.